The molecule has 1 heterocycles. The monoisotopic (exact) mass is 408 g/mol. The lowest BCUT2D eigenvalue weighted by molar-refractivity contribution is -0.120. The number of nitrogens with one attached hydrogen (secondary N) is 1. The number of aromatic nitrogens is 2. The zero-order valence-corrected chi connectivity index (χ0v) is 14.6. The van der Waals surface area contributed by atoms with Crippen LogP contribution in [-0.2, 0) is 16.9 Å². The number of amides is 1. The van der Waals surface area contributed by atoms with Crippen LogP contribution in [0.25, 0.3) is 0 Å². The number of hydrogen-bond acceptors (Lipinski definition) is 3. The van der Waals surface area contributed by atoms with E-state index in [4.69, 9.17) is 5.73 Å². The van der Waals surface area contributed by atoms with Gasteiger partial charge in [-0.1, -0.05) is 28.1 Å². The maximum Gasteiger partial charge on any atom is 0.257 e. The predicted molar refractivity (Wildman–Crippen MR) is 89.8 cm³/mol. The summed E-state index contributed by atoms with van der Waals surface area (Å²) in [6.07, 6.45) is -1.14. The molecule has 0 radical (unpaired) electrons. The number of anilines is 1. The highest BCUT2D eigenvalue weighted by Crippen LogP contribution is 2.22. The van der Waals surface area contributed by atoms with Gasteiger partial charge in [0.25, 0.3) is 6.43 Å². The summed E-state index contributed by atoms with van der Waals surface area (Å²) in [5.74, 6) is -0.295. The zero-order valence-electron chi connectivity index (χ0n) is 12.2. The van der Waals surface area contributed by atoms with E-state index < -0.39 is 24.4 Å². The Hall–Kier alpha value is -1.51. The maximum atomic E-state index is 12.3. The lowest BCUT2D eigenvalue weighted by Gasteiger charge is -2.23. The SMILES string of the molecule is CC(N)(C(=O)Nc1ccn(CC(F)F)n1)c1ccc(Br)cc1.Cl. The Balaban J connectivity index is 0.00000264. The zero-order chi connectivity index (χ0) is 16.3. The summed E-state index contributed by atoms with van der Waals surface area (Å²) >= 11 is 3.31. The summed E-state index contributed by atoms with van der Waals surface area (Å²) < 4.78 is 26.5. The highest BCUT2D eigenvalue weighted by atomic mass is 79.9. The third-order valence-corrected chi connectivity index (χ3v) is 3.65. The first-order valence-electron chi connectivity index (χ1n) is 6.47. The number of alkyl halides is 2. The lowest BCUT2D eigenvalue weighted by Crippen LogP contribution is -2.45. The normalized spacial score (nSPS) is 13.3. The Morgan fingerprint density at radius 3 is 2.57 bits per heavy atom. The molecule has 126 valence electrons. The molecule has 1 aromatic carbocycles. The summed E-state index contributed by atoms with van der Waals surface area (Å²) in [6, 6.07) is 8.48. The molecule has 5 nitrogen and oxygen atoms in total. The van der Waals surface area contributed by atoms with Crippen LogP contribution >= 0.6 is 28.3 Å². The van der Waals surface area contributed by atoms with Gasteiger partial charge in [-0.05, 0) is 24.6 Å². The molecule has 1 aromatic heterocycles. The van der Waals surface area contributed by atoms with E-state index in [1.165, 1.54) is 12.3 Å². The van der Waals surface area contributed by atoms with Gasteiger partial charge in [0.15, 0.2) is 5.82 Å². The van der Waals surface area contributed by atoms with Crippen LogP contribution in [0, 0.1) is 0 Å². The second kappa shape index (κ2) is 7.85. The van der Waals surface area contributed by atoms with Crippen LogP contribution in [0.15, 0.2) is 41.0 Å². The Kier molecular flexibility index (Phi) is 6.67. The van der Waals surface area contributed by atoms with Crippen LogP contribution in [0.1, 0.15) is 12.5 Å². The Morgan fingerprint density at radius 2 is 2.00 bits per heavy atom. The van der Waals surface area contributed by atoms with Crippen molar-refractivity contribution in [3.8, 4) is 0 Å². The molecular weight excluding hydrogens is 394 g/mol. The van der Waals surface area contributed by atoms with Gasteiger partial charge in [-0.15, -0.1) is 12.4 Å². The van der Waals surface area contributed by atoms with Crippen LogP contribution in [0.3, 0.4) is 0 Å². The first-order valence-corrected chi connectivity index (χ1v) is 7.26. The van der Waals surface area contributed by atoms with Crippen LogP contribution in [0.4, 0.5) is 14.6 Å². The highest BCUT2D eigenvalue weighted by Gasteiger charge is 2.31. The van der Waals surface area contributed by atoms with Gasteiger partial charge in [-0.2, -0.15) is 5.10 Å². The molecule has 23 heavy (non-hydrogen) atoms. The van der Waals surface area contributed by atoms with Gasteiger partial charge in [0.05, 0.1) is 0 Å². The summed E-state index contributed by atoms with van der Waals surface area (Å²) in [4.78, 5) is 12.3. The third kappa shape index (κ3) is 4.98. The van der Waals surface area contributed by atoms with Crippen molar-refractivity contribution in [3.63, 3.8) is 0 Å². The van der Waals surface area contributed by atoms with E-state index in [1.54, 1.807) is 31.2 Å². The van der Waals surface area contributed by atoms with Crippen LogP contribution in [-0.4, -0.2) is 22.1 Å². The first-order chi connectivity index (χ1) is 10.3. The van der Waals surface area contributed by atoms with Gasteiger partial charge in [0.1, 0.15) is 12.1 Å². The first kappa shape index (κ1) is 19.5. The Bertz CT molecular complexity index is 661. The van der Waals surface area contributed by atoms with Crippen molar-refractivity contribution < 1.29 is 13.6 Å². The number of nitrogens with zero attached hydrogens (tertiary/aromatic N) is 2. The van der Waals surface area contributed by atoms with Gasteiger partial charge in [0.2, 0.25) is 5.91 Å². The minimum Gasteiger partial charge on any atom is -0.314 e. The van der Waals surface area contributed by atoms with Crippen LogP contribution < -0.4 is 11.1 Å². The smallest absolute Gasteiger partial charge is 0.257 e. The van der Waals surface area contributed by atoms with Gasteiger partial charge in [-0.3, -0.25) is 9.48 Å². The van der Waals surface area contributed by atoms with Gasteiger partial charge in [-0.25, -0.2) is 8.78 Å². The maximum absolute atomic E-state index is 12.3. The van der Waals surface area contributed by atoms with E-state index >= 15 is 0 Å². The number of carbonyl (C=O) groups excluding carboxylic acids is 1. The van der Waals surface area contributed by atoms with E-state index in [9.17, 15) is 13.6 Å². The molecule has 1 unspecified atom stereocenters. The van der Waals surface area contributed by atoms with Gasteiger partial charge < -0.3 is 11.1 Å². The van der Waals surface area contributed by atoms with E-state index in [1.807, 2.05) is 0 Å². The van der Waals surface area contributed by atoms with Crippen molar-refractivity contribution in [2.24, 2.45) is 5.73 Å². The van der Waals surface area contributed by atoms with Crippen LogP contribution in [0.2, 0.25) is 0 Å². The van der Waals surface area contributed by atoms with Crippen molar-refractivity contribution in [2.75, 3.05) is 5.32 Å². The standard InChI is InChI=1S/C14H15BrF2N4O.ClH/c1-14(18,9-2-4-10(15)5-3-9)13(22)19-12-6-7-21(20-12)8-11(16)17;/h2-7,11H,8,18H2,1H3,(H,19,20,22);1H. The van der Waals surface area contributed by atoms with Crippen molar-refractivity contribution in [1.82, 2.24) is 9.78 Å². The summed E-state index contributed by atoms with van der Waals surface area (Å²) in [6.45, 7) is 1.05. The summed E-state index contributed by atoms with van der Waals surface area (Å²) in [5.41, 5.74) is 5.44. The topological polar surface area (TPSA) is 72.9 Å². The third-order valence-electron chi connectivity index (χ3n) is 3.12. The molecule has 0 aliphatic heterocycles. The number of carbonyl (C=O) groups is 1. The predicted octanol–water partition coefficient (Wildman–Crippen LogP) is 3.15. The second-order valence-corrected chi connectivity index (χ2v) is 5.89. The van der Waals surface area contributed by atoms with E-state index in [2.05, 4.69) is 26.3 Å². The molecule has 1 atom stereocenters. The van der Waals surface area contributed by atoms with Gasteiger partial charge >= 0.3 is 0 Å². The minimum atomic E-state index is -2.51. The molecule has 0 saturated carbocycles. The number of hydrogen-bond donors (Lipinski definition) is 2. The largest absolute Gasteiger partial charge is 0.314 e. The van der Waals surface area contributed by atoms with Crippen molar-refractivity contribution in [2.45, 2.75) is 25.4 Å². The fraction of sp³-hybridized carbons (Fsp3) is 0.286. The molecule has 1 amide bonds. The molecule has 0 aliphatic carbocycles. The van der Waals surface area contributed by atoms with Crippen molar-refractivity contribution >= 4 is 40.1 Å². The minimum absolute atomic E-state index is 0. The molecule has 2 rings (SSSR count). The fourth-order valence-electron chi connectivity index (χ4n) is 1.84. The molecular formula is C14H16BrClF2N4O. The average molecular weight is 410 g/mol. The quantitative estimate of drug-likeness (QED) is 0.797. The van der Waals surface area contributed by atoms with E-state index in [0.717, 1.165) is 9.15 Å². The fourth-order valence-corrected chi connectivity index (χ4v) is 2.11. The number of halogens is 4. The lowest BCUT2D eigenvalue weighted by atomic mass is 9.92. The summed E-state index contributed by atoms with van der Waals surface area (Å²) in [5, 5.41) is 6.39. The van der Waals surface area contributed by atoms with Gasteiger partial charge in [0, 0.05) is 16.7 Å². The highest BCUT2D eigenvalue weighted by molar-refractivity contribution is 9.10. The Morgan fingerprint density at radius 1 is 1.39 bits per heavy atom. The van der Waals surface area contributed by atoms with E-state index in [-0.39, 0.29) is 18.2 Å². The number of benzene rings is 1. The molecule has 0 spiro atoms. The van der Waals surface area contributed by atoms with E-state index in [0.29, 0.717) is 5.56 Å². The number of nitrogens with two attached hydrogens (primary N) is 1. The van der Waals surface area contributed by atoms with Crippen molar-refractivity contribution in [1.29, 1.82) is 0 Å². The summed E-state index contributed by atoms with van der Waals surface area (Å²) in [7, 11) is 0. The molecule has 0 bridgehead atoms. The second-order valence-electron chi connectivity index (χ2n) is 4.98. The molecule has 0 saturated heterocycles. The van der Waals surface area contributed by atoms with Crippen molar-refractivity contribution in [3.05, 3.63) is 46.6 Å². The molecule has 0 aliphatic rings. The average Bonchev–Trinajstić information content (AvgIpc) is 2.85. The Labute approximate surface area is 146 Å². The number of rotatable bonds is 5. The van der Waals surface area contributed by atoms with Crippen LogP contribution in [0.5, 0.6) is 0 Å². The molecule has 0 fully saturated rings. The molecule has 9 heteroatoms. The molecule has 2 aromatic rings. The molecule has 3 N–H and O–H groups in total.